The average Bonchev–Trinajstić information content (AvgIpc) is 2.08. The van der Waals surface area contributed by atoms with Gasteiger partial charge in [-0.3, -0.25) is 4.90 Å². The Morgan fingerprint density at radius 3 is 2.54 bits per heavy atom. The zero-order valence-corrected chi connectivity index (χ0v) is 7.94. The molecule has 0 saturated carbocycles. The topological polar surface area (TPSA) is 43.8 Å². The van der Waals surface area contributed by atoms with E-state index < -0.39 is 5.97 Å². The number of nitrogens with zero attached hydrogens (tertiary/aromatic N) is 2. The Morgan fingerprint density at radius 1 is 1.38 bits per heavy atom. The van der Waals surface area contributed by atoms with Gasteiger partial charge in [0.15, 0.2) is 0 Å². The maximum Gasteiger partial charge on any atom is 0.328 e. The Balaban J connectivity index is 2.19. The molecular formula is C9H16N2O2. The van der Waals surface area contributed by atoms with Crippen LogP contribution in [0.25, 0.3) is 0 Å². The molecule has 1 N–H and O–H groups in total. The van der Waals surface area contributed by atoms with Crippen LogP contribution in [0.1, 0.15) is 0 Å². The van der Waals surface area contributed by atoms with Crippen molar-refractivity contribution in [2.75, 3.05) is 39.8 Å². The summed E-state index contributed by atoms with van der Waals surface area (Å²) in [4.78, 5) is 14.7. The van der Waals surface area contributed by atoms with Crippen LogP contribution in [0.2, 0.25) is 0 Å². The number of carbonyl (C=O) groups is 1. The summed E-state index contributed by atoms with van der Waals surface area (Å²) >= 11 is 0. The highest BCUT2D eigenvalue weighted by Gasteiger charge is 2.11. The van der Waals surface area contributed by atoms with Gasteiger partial charge < -0.3 is 10.0 Å². The summed E-state index contributed by atoms with van der Waals surface area (Å²) in [6.07, 6.45) is 2.91. The molecule has 0 atom stereocenters. The van der Waals surface area contributed by atoms with Crippen LogP contribution in [-0.2, 0) is 4.79 Å². The Bertz CT molecular complexity index is 196. The van der Waals surface area contributed by atoms with Gasteiger partial charge in [-0.05, 0) is 7.05 Å². The Kier molecular flexibility index (Phi) is 3.92. The van der Waals surface area contributed by atoms with Crippen LogP contribution in [0, 0.1) is 0 Å². The molecule has 4 heteroatoms. The molecule has 0 bridgehead atoms. The molecule has 0 aliphatic carbocycles. The molecule has 1 aliphatic rings. The summed E-state index contributed by atoms with van der Waals surface area (Å²) in [5.41, 5.74) is 0. The van der Waals surface area contributed by atoms with Crippen molar-refractivity contribution in [1.82, 2.24) is 9.80 Å². The zero-order chi connectivity index (χ0) is 9.68. The highest BCUT2D eigenvalue weighted by atomic mass is 16.4. The van der Waals surface area contributed by atoms with E-state index in [-0.39, 0.29) is 0 Å². The molecule has 0 spiro atoms. The standard InChI is InChI=1S/C9H16N2O2/c1-10-5-7-11(8-6-10)4-2-3-9(12)13/h2-3H,4-8H2,1H3,(H,12,13). The fraction of sp³-hybridized carbons (Fsp3) is 0.667. The van der Waals surface area contributed by atoms with Gasteiger partial charge in [0.1, 0.15) is 0 Å². The van der Waals surface area contributed by atoms with Crippen molar-refractivity contribution >= 4 is 5.97 Å². The zero-order valence-electron chi connectivity index (χ0n) is 7.94. The van der Waals surface area contributed by atoms with Crippen molar-refractivity contribution in [2.24, 2.45) is 0 Å². The lowest BCUT2D eigenvalue weighted by molar-refractivity contribution is -0.131. The van der Waals surface area contributed by atoms with Crippen molar-refractivity contribution in [3.05, 3.63) is 12.2 Å². The van der Waals surface area contributed by atoms with E-state index in [0.29, 0.717) is 0 Å². The minimum absolute atomic E-state index is 0.750. The molecule has 1 fully saturated rings. The summed E-state index contributed by atoms with van der Waals surface area (Å²) < 4.78 is 0. The highest BCUT2D eigenvalue weighted by molar-refractivity contribution is 5.79. The first-order valence-electron chi connectivity index (χ1n) is 4.49. The average molecular weight is 184 g/mol. The molecule has 0 unspecified atom stereocenters. The van der Waals surface area contributed by atoms with Gasteiger partial charge in [0.05, 0.1) is 0 Å². The van der Waals surface area contributed by atoms with Gasteiger partial charge in [-0.15, -0.1) is 0 Å². The lowest BCUT2D eigenvalue weighted by Gasteiger charge is -2.31. The van der Waals surface area contributed by atoms with E-state index in [1.54, 1.807) is 6.08 Å². The molecule has 0 aromatic heterocycles. The van der Waals surface area contributed by atoms with Crippen molar-refractivity contribution in [1.29, 1.82) is 0 Å². The van der Waals surface area contributed by atoms with Gasteiger partial charge in [-0.1, -0.05) is 6.08 Å². The molecular weight excluding hydrogens is 168 g/mol. The van der Waals surface area contributed by atoms with Gasteiger partial charge in [-0.2, -0.15) is 0 Å². The molecule has 0 radical (unpaired) electrons. The maximum absolute atomic E-state index is 10.2. The highest BCUT2D eigenvalue weighted by Crippen LogP contribution is 1.98. The largest absolute Gasteiger partial charge is 0.478 e. The van der Waals surface area contributed by atoms with E-state index in [1.807, 2.05) is 0 Å². The molecule has 74 valence electrons. The predicted octanol–water partition coefficient (Wildman–Crippen LogP) is -0.125. The van der Waals surface area contributed by atoms with E-state index in [4.69, 9.17) is 5.11 Å². The van der Waals surface area contributed by atoms with E-state index in [9.17, 15) is 4.79 Å². The third-order valence-electron chi connectivity index (χ3n) is 2.22. The quantitative estimate of drug-likeness (QED) is 0.621. The van der Waals surface area contributed by atoms with Crippen LogP contribution in [0.4, 0.5) is 0 Å². The Morgan fingerprint density at radius 2 is 2.00 bits per heavy atom. The second kappa shape index (κ2) is 4.99. The molecule has 0 aromatic carbocycles. The second-order valence-electron chi connectivity index (χ2n) is 3.34. The first-order valence-corrected chi connectivity index (χ1v) is 4.49. The van der Waals surface area contributed by atoms with E-state index in [2.05, 4.69) is 16.8 Å². The first kappa shape index (κ1) is 10.2. The Labute approximate surface area is 78.4 Å². The number of carboxylic acid groups (broad SMARTS) is 1. The molecule has 0 amide bonds. The monoisotopic (exact) mass is 184 g/mol. The number of rotatable bonds is 3. The summed E-state index contributed by atoms with van der Waals surface area (Å²) in [7, 11) is 2.10. The van der Waals surface area contributed by atoms with Crippen molar-refractivity contribution in [3.8, 4) is 0 Å². The Hall–Kier alpha value is -0.870. The van der Waals surface area contributed by atoms with Crippen LogP contribution in [-0.4, -0.2) is 60.6 Å². The summed E-state index contributed by atoms with van der Waals surface area (Å²) in [5.74, 6) is -0.867. The molecule has 4 nitrogen and oxygen atoms in total. The lowest BCUT2D eigenvalue weighted by Crippen LogP contribution is -2.44. The molecule has 1 saturated heterocycles. The summed E-state index contributed by atoms with van der Waals surface area (Å²) in [6.45, 7) is 4.95. The molecule has 1 rings (SSSR count). The van der Waals surface area contributed by atoms with Crippen LogP contribution in [0.5, 0.6) is 0 Å². The van der Waals surface area contributed by atoms with E-state index in [0.717, 1.165) is 32.7 Å². The number of likely N-dealkylation sites (N-methyl/N-ethyl adjacent to an activating group) is 1. The van der Waals surface area contributed by atoms with Crippen molar-refractivity contribution in [2.45, 2.75) is 0 Å². The third kappa shape index (κ3) is 4.05. The van der Waals surface area contributed by atoms with Crippen LogP contribution < -0.4 is 0 Å². The fourth-order valence-corrected chi connectivity index (χ4v) is 1.33. The van der Waals surface area contributed by atoms with Gasteiger partial charge in [0.2, 0.25) is 0 Å². The van der Waals surface area contributed by atoms with E-state index in [1.165, 1.54) is 6.08 Å². The minimum atomic E-state index is -0.867. The van der Waals surface area contributed by atoms with Gasteiger partial charge in [0, 0.05) is 38.8 Å². The molecule has 13 heavy (non-hydrogen) atoms. The smallest absolute Gasteiger partial charge is 0.328 e. The predicted molar refractivity (Wildman–Crippen MR) is 50.7 cm³/mol. The number of carboxylic acids is 1. The number of aliphatic carboxylic acids is 1. The molecule has 1 heterocycles. The third-order valence-corrected chi connectivity index (χ3v) is 2.22. The fourth-order valence-electron chi connectivity index (χ4n) is 1.33. The minimum Gasteiger partial charge on any atom is -0.478 e. The summed E-state index contributed by atoms with van der Waals surface area (Å²) in [6, 6.07) is 0. The summed E-state index contributed by atoms with van der Waals surface area (Å²) in [5, 5.41) is 8.37. The molecule has 0 aromatic rings. The van der Waals surface area contributed by atoms with Crippen molar-refractivity contribution in [3.63, 3.8) is 0 Å². The normalized spacial score (nSPS) is 21.0. The second-order valence-corrected chi connectivity index (χ2v) is 3.34. The molecule has 1 aliphatic heterocycles. The van der Waals surface area contributed by atoms with Crippen molar-refractivity contribution < 1.29 is 9.90 Å². The van der Waals surface area contributed by atoms with Crippen LogP contribution in [0.3, 0.4) is 0 Å². The SMILES string of the molecule is CN1CCN(CC=CC(=O)O)CC1. The number of piperazine rings is 1. The van der Waals surface area contributed by atoms with Crippen LogP contribution in [0.15, 0.2) is 12.2 Å². The van der Waals surface area contributed by atoms with Gasteiger partial charge in [0.25, 0.3) is 0 Å². The number of hydrogen-bond donors (Lipinski definition) is 1. The lowest BCUT2D eigenvalue weighted by atomic mass is 10.3. The number of hydrogen-bond acceptors (Lipinski definition) is 3. The van der Waals surface area contributed by atoms with Gasteiger partial charge in [-0.25, -0.2) is 4.79 Å². The maximum atomic E-state index is 10.2. The van der Waals surface area contributed by atoms with E-state index >= 15 is 0 Å². The van der Waals surface area contributed by atoms with Gasteiger partial charge >= 0.3 is 5.97 Å². The first-order chi connectivity index (χ1) is 6.18. The van der Waals surface area contributed by atoms with Crippen LogP contribution >= 0.6 is 0 Å².